The predicted octanol–water partition coefficient (Wildman–Crippen LogP) is 9.38. The van der Waals surface area contributed by atoms with Gasteiger partial charge in [0.05, 0.1) is 37.9 Å². The number of fused-ring (bicyclic) bond motifs is 1. The van der Waals surface area contributed by atoms with Gasteiger partial charge in [-0.3, -0.25) is 4.79 Å². The molecule has 3 rings (SSSR count). The zero-order chi connectivity index (χ0) is 31.4. The number of hydrogen-bond acceptors (Lipinski definition) is 6. The molecule has 18 atom stereocenters. The fourth-order valence-corrected chi connectivity index (χ4v) is 103. The number of aliphatic hydroxyl groups is 3. The van der Waals surface area contributed by atoms with E-state index in [1.807, 2.05) is 0 Å². The second-order valence-electron chi connectivity index (χ2n) is 12.3. The van der Waals surface area contributed by atoms with Crippen LogP contribution in [0, 0.1) is 117 Å². The van der Waals surface area contributed by atoms with Gasteiger partial charge in [-0.05, 0) is 71.0 Å². The topological polar surface area (TPSA) is 96.2 Å². The van der Waals surface area contributed by atoms with Gasteiger partial charge in [-0.1, -0.05) is 35.8 Å². The summed E-state index contributed by atoms with van der Waals surface area (Å²) in [5, 5.41) is 33.8. The number of ether oxygens (including phenoxy) is 1. The van der Waals surface area contributed by atoms with E-state index in [-0.39, 0.29) is 152 Å². The molecule has 1 saturated carbocycles. The van der Waals surface area contributed by atoms with E-state index in [1.54, 1.807) is 6.92 Å². The maximum absolute atomic E-state index is 13.6. The summed E-state index contributed by atoms with van der Waals surface area (Å²) in [7, 11) is 20.8. The molecule has 1 aliphatic heterocycles. The summed E-state index contributed by atoms with van der Waals surface area (Å²) in [6.45, 7) is 10.5. The quantitative estimate of drug-likeness (QED) is 0.141. The van der Waals surface area contributed by atoms with Gasteiger partial charge in [0.2, 0.25) is 0 Å². The summed E-state index contributed by atoms with van der Waals surface area (Å²) in [6.07, 6.45) is 0.506. The summed E-state index contributed by atoms with van der Waals surface area (Å²) in [5.41, 5.74) is -1.49. The average molecular weight is 1270 g/mol. The van der Waals surface area contributed by atoms with Crippen LogP contribution in [0.25, 0.3) is 0 Å². The largest absolute Gasteiger partial charge is 0.392 e. The van der Waals surface area contributed by atoms with Gasteiger partial charge in [0, 0.05) is 114 Å². The molecular formula is C22H49Ac2O6P13. The molecule has 3 aliphatic rings. The number of allylic oxidation sites excluding steroid dienone is 1. The van der Waals surface area contributed by atoms with E-state index >= 15 is 0 Å². The van der Waals surface area contributed by atoms with E-state index in [0.29, 0.717) is 0 Å². The first-order chi connectivity index (χ1) is 18.7. The normalized spacial score (nSPS) is 36.6. The van der Waals surface area contributed by atoms with Crippen LogP contribution in [0.1, 0.15) is 54.4 Å². The first-order valence-corrected chi connectivity index (χ1v) is 36.2. The van der Waals surface area contributed by atoms with Gasteiger partial charge in [0.15, 0.2) is 5.78 Å². The third kappa shape index (κ3) is 10.7. The van der Waals surface area contributed by atoms with Crippen LogP contribution >= 0.6 is 105 Å². The van der Waals surface area contributed by atoms with Crippen molar-refractivity contribution in [1.29, 1.82) is 0 Å². The van der Waals surface area contributed by atoms with Gasteiger partial charge in [0.1, 0.15) is 11.7 Å². The first kappa shape index (κ1) is 48.7. The Balaban J connectivity index is 0.00000462. The van der Waals surface area contributed by atoms with Crippen molar-refractivity contribution in [2.75, 3.05) is 6.61 Å². The molecule has 6 nitrogen and oxygen atoms in total. The standard InChI is InChI=1S/C22H49O6P13.2Ac/c1-11-9-20(4,5)14(7-15(11)28-36(40(35)37(29)30)41(38(31)32)39(33)34)12(2)18-21(6,19(25)13(3)23)16(24)8-17-22(18,26)10-27-17;;/h9,12-18,23-24,26H,7-8,10,29-35H2,1-6H3;;/t12-,13-,14?,15+,16+,17-,18+,21-,22+,36?,40?;;/m1../s1. The Morgan fingerprint density at radius 1 is 1.02 bits per heavy atom. The number of carbonyl (C=O) groups excluding carboxylic acids is 1. The first-order valence-electron chi connectivity index (χ1n) is 13.4. The van der Waals surface area contributed by atoms with Crippen molar-refractivity contribution in [3.8, 4) is 0 Å². The molecule has 1 heterocycles. The van der Waals surface area contributed by atoms with Gasteiger partial charge in [-0.25, -0.2) is 0 Å². The molecule has 10 unspecified atom stereocenters. The van der Waals surface area contributed by atoms with Crippen LogP contribution in [0.2, 0.25) is 0 Å². The van der Waals surface area contributed by atoms with Crippen molar-refractivity contribution in [3.63, 3.8) is 0 Å². The molecule has 0 aromatic rings. The zero-order valence-corrected chi connectivity index (χ0v) is 48.6. The van der Waals surface area contributed by atoms with Gasteiger partial charge >= 0.3 is 0 Å². The molecule has 2 aliphatic carbocycles. The average Bonchev–Trinajstić information content (AvgIpc) is 2.84. The molecule has 3 N–H and O–H groups in total. The van der Waals surface area contributed by atoms with Crippen LogP contribution in [-0.2, 0) is 14.1 Å². The number of rotatable bonds is 11. The van der Waals surface area contributed by atoms with E-state index in [4.69, 9.17) is 9.26 Å². The summed E-state index contributed by atoms with van der Waals surface area (Å²) in [4.78, 5) is 13.6. The van der Waals surface area contributed by atoms with Crippen molar-refractivity contribution >= 4 is 111 Å². The summed E-state index contributed by atoms with van der Waals surface area (Å²) in [5.74, 6) is -1.05. The van der Waals surface area contributed by atoms with Crippen LogP contribution < -0.4 is 0 Å². The van der Waals surface area contributed by atoms with Crippen molar-refractivity contribution in [2.45, 2.75) is 84.4 Å². The fraction of sp³-hybridized carbons (Fsp3) is 0.864. The molecule has 244 valence electrons. The van der Waals surface area contributed by atoms with E-state index in [1.165, 1.54) is 12.5 Å². The maximum Gasteiger partial charge on any atom is 0.169 e. The van der Waals surface area contributed by atoms with Gasteiger partial charge in [-0.15, -0.1) is 53.6 Å². The van der Waals surface area contributed by atoms with Crippen LogP contribution in [-0.4, -0.2) is 57.7 Å². The Bertz CT molecular complexity index is 989. The Hall–Kier alpha value is 7.68. The minimum atomic E-state index is -1.29. The number of ketones is 1. The van der Waals surface area contributed by atoms with Crippen LogP contribution in [0.4, 0.5) is 0 Å². The number of carbonyl (C=O) groups is 1. The molecule has 2 fully saturated rings. The Kier molecular flexibility index (Phi) is 22.7. The van der Waals surface area contributed by atoms with Gasteiger partial charge < -0.3 is 24.6 Å². The Labute approximate surface area is 354 Å². The zero-order valence-electron chi connectivity index (χ0n) is 25.7. The SMILES string of the molecule is CC1=CC(C)(C)C([C@@H](C)[C@@H]2[C@]3(O)CO[C@@H]3C[C@H](O)[C@@]2(C)C(=O)[C@@H](C)O)C[C@@H]1OP(P(P)P(P)P)P(P(P)P)P(P)P.[Ac].[Ac]. The Morgan fingerprint density at radius 2 is 1.56 bits per heavy atom. The second-order valence-corrected chi connectivity index (χ2v) is 61.1. The van der Waals surface area contributed by atoms with Crippen molar-refractivity contribution < 1.29 is 117 Å². The minimum absolute atomic E-state index is 0. The van der Waals surface area contributed by atoms with Gasteiger partial charge in [0.25, 0.3) is 0 Å². The minimum Gasteiger partial charge on any atom is -0.392 e. The number of Topliss-reactive ketones (excluding diaryl/α,β-unsaturated/α-hetero) is 1. The van der Waals surface area contributed by atoms with Crippen molar-refractivity contribution in [1.82, 2.24) is 0 Å². The predicted molar refractivity (Wildman–Crippen MR) is 213 cm³/mol. The molecule has 0 aromatic carbocycles. The third-order valence-electron chi connectivity index (χ3n) is 9.19. The smallest absolute Gasteiger partial charge is 0.169 e. The summed E-state index contributed by atoms with van der Waals surface area (Å²) in [6, 6.07) is 0. The van der Waals surface area contributed by atoms with Crippen LogP contribution in [0.5, 0.6) is 0 Å². The fourth-order valence-electron chi connectivity index (χ4n) is 7.31. The molecular weight excluding hydrogens is 1220 g/mol. The number of aliphatic hydroxyl groups excluding tert-OH is 2. The van der Waals surface area contributed by atoms with Crippen LogP contribution in [0.3, 0.4) is 0 Å². The van der Waals surface area contributed by atoms with Crippen molar-refractivity contribution in [3.05, 3.63) is 11.6 Å². The molecule has 43 heavy (non-hydrogen) atoms. The maximum atomic E-state index is 13.6. The van der Waals surface area contributed by atoms with E-state index < -0.39 is 55.5 Å². The molecule has 1 saturated heterocycles. The van der Waals surface area contributed by atoms with Crippen molar-refractivity contribution in [2.24, 2.45) is 28.6 Å². The van der Waals surface area contributed by atoms with E-state index in [9.17, 15) is 20.1 Å². The molecule has 2 radical (unpaired) electrons. The molecule has 21 heteroatoms. The van der Waals surface area contributed by atoms with E-state index in [0.717, 1.165) is 6.42 Å². The molecule has 0 spiro atoms. The molecule has 0 amide bonds. The third-order valence-corrected chi connectivity index (χ3v) is 80.0. The second kappa shape index (κ2) is 20.0. The summed E-state index contributed by atoms with van der Waals surface area (Å²) < 4.78 is 13.0. The monoisotopic (exact) mass is 1270 g/mol. The molecule has 0 aromatic heterocycles. The number of hydrogen-bond donors (Lipinski definition) is 3. The molecule has 0 bridgehead atoms. The Morgan fingerprint density at radius 3 is 1.98 bits per heavy atom. The summed E-state index contributed by atoms with van der Waals surface area (Å²) >= 11 is 0. The van der Waals surface area contributed by atoms with Crippen LogP contribution in [0.15, 0.2) is 11.6 Å². The van der Waals surface area contributed by atoms with E-state index in [2.05, 4.69) is 96.3 Å². The van der Waals surface area contributed by atoms with Gasteiger partial charge in [-0.2, -0.15) is 0 Å².